The average Bonchev–Trinajstić information content (AvgIpc) is 2.48. The van der Waals surface area contributed by atoms with Crippen molar-refractivity contribution in [3.05, 3.63) is 64.7 Å². The Balaban J connectivity index is 1.91. The molecule has 21 heavy (non-hydrogen) atoms. The molecule has 2 rings (SSSR count). The Labute approximate surface area is 129 Å². The Bertz CT molecular complexity index is 628. The second-order valence-corrected chi connectivity index (χ2v) is 5.38. The van der Waals surface area contributed by atoms with Gasteiger partial charge in [0.25, 0.3) is 0 Å². The zero-order chi connectivity index (χ0) is 15.2. The predicted molar refractivity (Wildman–Crippen MR) is 84.4 cm³/mol. The third-order valence-corrected chi connectivity index (χ3v) is 3.76. The second-order valence-electron chi connectivity index (χ2n) is 4.97. The number of halogens is 1. The van der Waals surface area contributed by atoms with E-state index in [0.29, 0.717) is 24.4 Å². The Hall–Kier alpha value is -2.00. The summed E-state index contributed by atoms with van der Waals surface area (Å²) in [6.45, 7) is 0.485. The molecule has 2 aromatic carbocycles. The molecule has 0 aromatic heterocycles. The first-order valence-corrected chi connectivity index (χ1v) is 7.20. The molecule has 0 aliphatic heterocycles. The summed E-state index contributed by atoms with van der Waals surface area (Å²) in [5.74, 6) is 0.261. The fourth-order valence-corrected chi connectivity index (χ4v) is 2.32. The lowest BCUT2D eigenvalue weighted by molar-refractivity contribution is -0.130. The highest BCUT2D eigenvalue weighted by Crippen LogP contribution is 2.19. The highest BCUT2D eigenvalue weighted by atomic mass is 35.5. The number of amides is 1. The van der Waals surface area contributed by atoms with E-state index in [1.807, 2.05) is 36.4 Å². The van der Waals surface area contributed by atoms with Crippen LogP contribution in [0.3, 0.4) is 0 Å². The molecule has 0 aliphatic carbocycles. The van der Waals surface area contributed by atoms with Crippen LogP contribution in [-0.4, -0.2) is 23.0 Å². The van der Waals surface area contributed by atoms with Gasteiger partial charge in [-0.05, 0) is 29.7 Å². The summed E-state index contributed by atoms with van der Waals surface area (Å²) in [6.07, 6.45) is 0.886. The van der Waals surface area contributed by atoms with Gasteiger partial charge in [-0.3, -0.25) is 4.79 Å². The van der Waals surface area contributed by atoms with Crippen molar-refractivity contribution in [2.24, 2.45) is 0 Å². The van der Waals surface area contributed by atoms with E-state index in [0.717, 1.165) is 11.1 Å². The zero-order valence-electron chi connectivity index (χ0n) is 11.9. The van der Waals surface area contributed by atoms with Gasteiger partial charge in [0.2, 0.25) is 5.91 Å². The number of aromatic hydroxyl groups is 1. The van der Waals surface area contributed by atoms with Crippen LogP contribution in [0.1, 0.15) is 17.5 Å². The van der Waals surface area contributed by atoms with Gasteiger partial charge in [-0.15, -0.1) is 0 Å². The van der Waals surface area contributed by atoms with E-state index >= 15 is 0 Å². The maximum absolute atomic E-state index is 12.1. The molecular weight excluding hydrogens is 286 g/mol. The average molecular weight is 304 g/mol. The number of carbonyl (C=O) groups excluding carboxylic acids is 1. The minimum absolute atomic E-state index is 0.0261. The van der Waals surface area contributed by atoms with Gasteiger partial charge in [-0.25, -0.2) is 0 Å². The van der Waals surface area contributed by atoms with Gasteiger partial charge < -0.3 is 10.0 Å². The SMILES string of the molecule is CN(Cc1ccccc1Cl)C(=O)CCc1ccccc1O. The first-order chi connectivity index (χ1) is 10.1. The van der Waals surface area contributed by atoms with Crippen molar-refractivity contribution < 1.29 is 9.90 Å². The largest absolute Gasteiger partial charge is 0.508 e. The normalized spacial score (nSPS) is 10.4. The third kappa shape index (κ3) is 4.23. The molecule has 2 aromatic rings. The minimum Gasteiger partial charge on any atom is -0.508 e. The zero-order valence-corrected chi connectivity index (χ0v) is 12.7. The van der Waals surface area contributed by atoms with Gasteiger partial charge in [0, 0.05) is 25.0 Å². The Morgan fingerprint density at radius 1 is 1.10 bits per heavy atom. The highest BCUT2D eigenvalue weighted by molar-refractivity contribution is 6.31. The number of hydrogen-bond acceptors (Lipinski definition) is 2. The quantitative estimate of drug-likeness (QED) is 0.916. The summed E-state index contributed by atoms with van der Waals surface area (Å²) >= 11 is 6.10. The number of phenolic OH excluding ortho intramolecular Hbond substituents is 1. The maximum Gasteiger partial charge on any atom is 0.222 e. The van der Waals surface area contributed by atoms with Crippen LogP contribution in [0.2, 0.25) is 5.02 Å². The lowest BCUT2D eigenvalue weighted by Gasteiger charge is -2.18. The van der Waals surface area contributed by atoms with E-state index in [-0.39, 0.29) is 11.7 Å². The molecule has 0 atom stereocenters. The van der Waals surface area contributed by atoms with Crippen molar-refractivity contribution in [3.8, 4) is 5.75 Å². The van der Waals surface area contributed by atoms with Crippen LogP contribution in [0.25, 0.3) is 0 Å². The number of phenols is 1. The fraction of sp³-hybridized carbons (Fsp3) is 0.235. The van der Waals surface area contributed by atoms with E-state index in [4.69, 9.17) is 11.6 Å². The molecule has 4 heteroatoms. The number of carbonyl (C=O) groups is 1. The molecule has 0 heterocycles. The molecule has 110 valence electrons. The van der Waals surface area contributed by atoms with E-state index < -0.39 is 0 Å². The van der Waals surface area contributed by atoms with Crippen LogP contribution >= 0.6 is 11.6 Å². The van der Waals surface area contributed by atoms with E-state index in [9.17, 15) is 9.90 Å². The van der Waals surface area contributed by atoms with Crippen LogP contribution in [0.15, 0.2) is 48.5 Å². The van der Waals surface area contributed by atoms with Crippen LogP contribution in [0.5, 0.6) is 5.75 Å². The molecule has 0 aliphatic rings. The number of hydrogen-bond donors (Lipinski definition) is 1. The van der Waals surface area contributed by atoms with Crippen LogP contribution < -0.4 is 0 Å². The van der Waals surface area contributed by atoms with Gasteiger partial charge in [-0.2, -0.15) is 0 Å². The summed E-state index contributed by atoms with van der Waals surface area (Å²) in [6, 6.07) is 14.6. The molecule has 0 fully saturated rings. The van der Waals surface area contributed by atoms with Crippen molar-refractivity contribution in [2.75, 3.05) is 7.05 Å². The second kappa shape index (κ2) is 7.14. The molecule has 1 amide bonds. The Kier molecular flexibility index (Phi) is 5.23. The van der Waals surface area contributed by atoms with Crippen LogP contribution in [0, 0.1) is 0 Å². The van der Waals surface area contributed by atoms with Gasteiger partial charge >= 0.3 is 0 Å². The maximum atomic E-state index is 12.1. The van der Waals surface area contributed by atoms with Gasteiger partial charge in [0.05, 0.1) is 0 Å². The van der Waals surface area contributed by atoms with Crippen LogP contribution in [0.4, 0.5) is 0 Å². The third-order valence-electron chi connectivity index (χ3n) is 3.39. The van der Waals surface area contributed by atoms with E-state index in [1.165, 1.54) is 0 Å². The fourth-order valence-electron chi connectivity index (χ4n) is 2.13. The lowest BCUT2D eigenvalue weighted by Crippen LogP contribution is -2.26. The van der Waals surface area contributed by atoms with E-state index in [2.05, 4.69) is 0 Å². The molecule has 0 unspecified atom stereocenters. The standard InChI is InChI=1S/C17H18ClNO2/c1-19(12-14-7-2-4-8-15(14)18)17(21)11-10-13-6-3-5-9-16(13)20/h2-9,20H,10-12H2,1H3. The van der Waals surface area contributed by atoms with Crippen molar-refractivity contribution in [2.45, 2.75) is 19.4 Å². The molecule has 0 saturated carbocycles. The number of nitrogens with zero attached hydrogens (tertiary/aromatic N) is 1. The van der Waals surface area contributed by atoms with Crippen molar-refractivity contribution >= 4 is 17.5 Å². The summed E-state index contributed by atoms with van der Waals surface area (Å²) < 4.78 is 0. The monoisotopic (exact) mass is 303 g/mol. The van der Waals surface area contributed by atoms with Crippen molar-refractivity contribution in [1.29, 1.82) is 0 Å². The lowest BCUT2D eigenvalue weighted by atomic mass is 10.1. The topological polar surface area (TPSA) is 40.5 Å². The highest BCUT2D eigenvalue weighted by Gasteiger charge is 2.12. The van der Waals surface area contributed by atoms with Crippen molar-refractivity contribution in [1.82, 2.24) is 4.90 Å². The predicted octanol–water partition coefficient (Wildman–Crippen LogP) is 3.64. The Morgan fingerprint density at radius 3 is 2.38 bits per heavy atom. The molecule has 0 bridgehead atoms. The number of rotatable bonds is 5. The number of benzene rings is 2. The molecule has 1 N–H and O–H groups in total. The van der Waals surface area contributed by atoms with E-state index in [1.54, 1.807) is 24.1 Å². The molecule has 0 radical (unpaired) electrons. The minimum atomic E-state index is 0.0261. The van der Waals surface area contributed by atoms with Crippen LogP contribution in [-0.2, 0) is 17.8 Å². The first-order valence-electron chi connectivity index (χ1n) is 6.82. The molecule has 0 saturated heterocycles. The summed E-state index contributed by atoms with van der Waals surface area (Å²) in [5.41, 5.74) is 1.72. The number of para-hydroxylation sites is 1. The first kappa shape index (κ1) is 15.4. The summed E-state index contributed by atoms with van der Waals surface area (Å²) in [4.78, 5) is 13.8. The van der Waals surface area contributed by atoms with Gasteiger partial charge in [0.15, 0.2) is 0 Å². The van der Waals surface area contributed by atoms with Crippen molar-refractivity contribution in [3.63, 3.8) is 0 Å². The smallest absolute Gasteiger partial charge is 0.222 e. The van der Waals surface area contributed by atoms with Gasteiger partial charge in [0.1, 0.15) is 5.75 Å². The molecule has 3 nitrogen and oxygen atoms in total. The molecule has 0 spiro atoms. The summed E-state index contributed by atoms with van der Waals surface area (Å²) in [5, 5.41) is 10.4. The Morgan fingerprint density at radius 2 is 1.71 bits per heavy atom. The van der Waals surface area contributed by atoms with Gasteiger partial charge in [-0.1, -0.05) is 48.0 Å². The summed E-state index contributed by atoms with van der Waals surface area (Å²) in [7, 11) is 1.76. The number of aryl methyl sites for hydroxylation is 1. The molecular formula is C17H18ClNO2.